The summed E-state index contributed by atoms with van der Waals surface area (Å²) < 4.78 is 23.1. The first kappa shape index (κ1) is 20.0. The Bertz CT molecular complexity index is 475. The second-order valence-electron chi connectivity index (χ2n) is 6.33. The van der Waals surface area contributed by atoms with E-state index < -0.39 is 9.84 Å². The third kappa shape index (κ3) is 6.19. The molecule has 0 aromatic rings. The first-order valence-corrected chi connectivity index (χ1v) is 9.65. The van der Waals surface area contributed by atoms with Crippen LogP contribution in [0.3, 0.4) is 0 Å². The third-order valence-electron chi connectivity index (χ3n) is 4.18. The smallest absolute Gasteiger partial charge is 0.191 e. The highest BCUT2D eigenvalue weighted by molar-refractivity contribution is 14.0. The number of hydrogen-bond donors (Lipinski definition) is 2. The van der Waals surface area contributed by atoms with E-state index in [0.717, 1.165) is 25.0 Å². The summed E-state index contributed by atoms with van der Waals surface area (Å²) in [5.74, 6) is 2.01. The van der Waals surface area contributed by atoms with Crippen LogP contribution in [-0.2, 0) is 9.84 Å². The second-order valence-corrected chi connectivity index (χ2v) is 8.56. The standard InChI is InChI=1S/C14H28N4O2S.HI/c1-4-15-14(17-12-7-8-21(19,20)10-12)16-9-13(18(2)3)11-5-6-11;/h11-13H,4-10H2,1-3H3,(H2,15,16,17);1H. The largest absolute Gasteiger partial charge is 0.357 e. The van der Waals surface area contributed by atoms with Gasteiger partial charge in [0.2, 0.25) is 0 Å². The molecular formula is C14H29IN4O2S. The normalized spacial score (nSPS) is 25.6. The van der Waals surface area contributed by atoms with Crippen LogP contribution in [0.25, 0.3) is 0 Å². The van der Waals surface area contributed by atoms with Crippen molar-refractivity contribution in [3.05, 3.63) is 0 Å². The maximum absolute atomic E-state index is 11.5. The van der Waals surface area contributed by atoms with E-state index in [9.17, 15) is 8.42 Å². The summed E-state index contributed by atoms with van der Waals surface area (Å²) in [5.41, 5.74) is 0. The van der Waals surface area contributed by atoms with Gasteiger partial charge in [-0.05, 0) is 46.2 Å². The van der Waals surface area contributed by atoms with Crippen molar-refractivity contribution in [3.63, 3.8) is 0 Å². The highest BCUT2D eigenvalue weighted by Gasteiger charge is 2.32. The van der Waals surface area contributed by atoms with Gasteiger partial charge in [0.1, 0.15) is 0 Å². The monoisotopic (exact) mass is 444 g/mol. The Morgan fingerprint density at radius 3 is 2.45 bits per heavy atom. The molecule has 0 spiro atoms. The van der Waals surface area contributed by atoms with E-state index in [1.54, 1.807) is 0 Å². The van der Waals surface area contributed by atoms with E-state index in [2.05, 4.69) is 34.6 Å². The first-order chi connectivity index (χ1) is 9.91. The molecule has 0 amide bonds. The Balaban J connectivity index is 0.00000242. The number of nitrogens with one attached hydrogen (secondary N) is 2. The summed E-state index contributed by atoms with van der Waals surface area (Å²) in [6.07, 6.45) is 3.26. The molecule has 1 aliphatic carbocycles. The van der Waals surface area contributed by atoms with Gasteiger partial charge in [0, 0.05) is 18.6 Å². The molecule has 2 atom stereocenters. The zero-order valence-electron chi connectivity index (χ0n) is 13.7. The van der Waals surface area contributed by atoms with Gasteiger partial charge in [-0.25, -0.2) is 8.42 Å². The van der Waals surface area contributed by atoms with Gasteiger partial charge in [0.25, 0.3) is 0 Å². The summed E-state index contributed by atoms with van der Waals surface area (Å²) in [6, 6.07) is 0.472. The van der Waals surface area contributed by atoms with Gasteiger partial charge in [0.05, 0.1) is 18.1 Å². The molecule has 130 valence electrons. The Morgan fingerprint density at radius 1 is 1.32 bits per heavy atom. The van der Waals surface area contributed by atoms with Gasteiger partial charge < -0.3 is 15.5 Å². The lowest BCUT2D eigenvalue weighted by molar-refractivity contribution is 0.271. The molecule has 0 aromatic heterocycles. The number of halogens is 1. The van der Waals surface area contributed by atoms with Gasteiger partial charge >= 0.3 is 0 Å². The van der Waals surface area contributed by atoms with Gasteiger partial charge in [-0.2, -0.15) is 0 Å². The number of guanidine groups is 1. The molecule has 8 heteroatoms. The van der Waals surface area contributed by atoms with Crippen molar-refractivity contribution >= 4 is 39.8 Å². The molecule has 2 unspecified atom stereocenters. The molecule has 2 rings (SSSR count). The maximum atomic E-state index is 11.5. The molecule has 2 fully saturated rings. The van der Waals surface area contributed by atoms with E-state index in [1.165, 1.54) is 12.8 Å². The molecule has 1 saturated carbocycles. The van der Waals surface area contributed by atoms with Crippen molar-refractivity contribution in [1.82, 2.24) is 15.5 Å². The average Bonchev–Trinajstić information content (AvgIpc) is 3.15. The SMILES string of the molecule is CCNC(=NCC(C1CC1)N(C)C)NC1CCS(=O)(=O)C1.I. The molecule has 6 nitrogen and oxygen atoms in total. The molecular weight excluding hydrogens is 415 g/mol. The van der Waals surface area contributed by atoms with E-state index in [4.69, 9.17) is 0 Å². The Morgan fingerprint density at radius 2 is 2.00 bits per heavy atom. The highest BCUT2D eigenvalue weighted by atomic mass is 127. The van der Waals surface area contributed by atoms with Crippen LogP contribution in [0.5, 0.6) is 0 Å². The van der Waals surface area contributed by atoms with Crippen molar-refractivity contribution in [3.8, 4) is 0 Å². The zero-order chi connectivity index (χ0) is 15.5. The van der Waals surface area contributed by atoms with Gasteiger partial charge in [-0.15, -0.1) is 24.0 Å². The highest BCUT2D eigenvalue weighted by Crippen LogP contribution is 2.34. The van der Waals surface area contributed by atoms with Crippen LogP contribution in [-0.4, -0.2) is 70.1 Å². The lowest BCUT2D eigenvalue weighted by atomic mass is 10.2. The average molecular weight is 444 g/mol. The lowest BCUT2D eigenvalue weighted by Gasteiger charge is -2.23. The fraction of sp³-hybridized carbons (Fsp3) is 0.929. The summed E-state index contributed by atoms with van der Waals surface area (Å²) >= 11 is 0. The van der Waals surface area contributed by atoms with Gasteiger partial charge in [0.15, 0.2) is 15.8 Å². The maximum Gasteiger partial charge on any atom is 0.191 e. The number of sulfone groups is 1. The van der Waals surface area contributed by atoms with Crippen molar-refractivity contribution in [2.24, 2.45) is 10.9 Å². The number of rotatable bonds is 6. The van der Waals surface area contributed by atoms with Crippen molar-refractivity contribution in [2.45, 2.75) is 38.3 Å². The van der Waals surface area contributed by atoms with Crippen molar-refractivity contribution in [1.29, 1.82) is 0 Å². The van der Waals surface area contributed by atoms with E-state index >= 15 is 0 Å². The number of nitrogens with zero attached hydrogens (tertiary/aromatic N) is 2. The molecule has 22 heavy (non-hydrogen) atoms. The molecule has 0 radical (unpaired) electrons. The molecule has 1 heterocycles. The molecule has 0 aromatic carbocycles. The summed E-state index contributed by atoms with van der Waals surface area (Å²) in [6.45, 7) is 3.56. The van der Waals surface area contributed by atoms with Crippen molar-refractivity contribution in [2.75, 3.05) is 38.7 Å². The van der Waals surface area contributed by atoms with Crippen molar-refractivity contribution < 1.29 is 8.42 Å². The van der Waals surface area contributed by atoms with Crippen LogP contribution in [0.1, 0.15) is 26.2 Å². The minimum Gasteiger partial charge on any atom is -0.357 e. The second kappa shape index (κ2) is 8.68. The Hall–Kier alpha value is -0.0900. The predicted molar refractivity (Wildman–Crippen MR) is 102 cm³/mol. The third-order valence-corrected chi connectivity index (χ3v) is 5.95. The Kier molecular flexibility index (Phi) is 7.87. The molecule has 1 saturated heterocycles. The molecule has 0 bridgehead atoms. The van der Waals surface area contributed by atoms with Crippen LogP contribution in [0.15, 0.2) is 4.99 Å². The van der Waals surface area contributed by atoms with Crippen LogP contribution in [0.2, 0.25) is 0 Å². The number of aliphatic imine (C=N–C) groups is 1. The zero-order valence-corrected chi connectivity index (χ0v) is 16.9. The lowest BCUT2D eigenvalue weighted by Crippen LogP contribution is -2.45. The van der Waals surface area contributed by atoms with Crippen LogP contribution >= 0.6 is 24.0 Å². The first-order valence-electron chi connectivity index (χ1n) is 7.83. The molecule has 2 N–H and O–H groups in total. The van der Waals surface area contributed by atoms with Crippen LogP contribution in [0.4, 0.5) is 0 Å². The summed E-state index contributed by atoms with van der Waals surface area (Å²) in [4.78, 5) is 6.91. The predicted octanol–water partition coefficient (Wildman–Crippen LogP) is 0.687. The summed E-state index contributed by atoms with van der Waals surface area (Å²) in [7, 11) is 1.34. The van der Waals surface area contributed by atoms with E-state index in [-0.39, 0.29) is 41.5 Å². The quantitative estimate of drug-likeness (QED) is 0.358. The van der Waals surface area contributed by atoms with Crippen LogP contribution < -0.4 is 10.6 Å². The molecule has 2 aliphatic rings. The fourth-order valence-corrected chi connectivity index (χ4v) is 4.50. The minimum atomic E-state index is -2.86. The van der Waals surface area contributed by atoms with E-state index in [0.29, 0.717) is 12.5 Å². The Labute approximate surface area is 151 Å². The minimum absolute atomic E-state index is 0. The molecule has 1 aliphatic heterocycles. The van der Waals surface area contributed by atoms with E-state index in [1.807, 2.05) is 6.92 Å². The summed E-state index contributed by atoms with van der Waals surface area (Å²) in [5, 5.41) is 6.48. The van der Waals surface area contributed by atoms with Crippen LogP contribution in [0, 0.1) is 5.92 Å². The number of likely N-dealkylation sites (N-methyl/N-ethyl adjacent to an activating group) is 1. The van der Waals surface area contributed by atoms with Gasteiger partial charge in [-0.1, -0.05) is 0 Å². The topological polar surface area (TPSA) is 73.8 Å². The number of hydrogen-bond acceptors (Lipinski definition) is 4. The fourth-order valence-electron chi connectivity index (χ4n) is 2.82. The van der Waals surface area contributed by atoms with Gasteiger partial charge in [-0.3, -0.25) is 4.99 Å².